The van der Waals surface area contributed by atoms with Crippen LogP contribution in [0.15, 0.2) is 54.6 Å². The molecule has 2 N–H and O–H groups in total. The summed E-state index contributed by atoms with van der Waals surface area (Å²) in [6.07, 6.45) is -7.54. The largest absolute Gasteiger partial charge is 0.459 e. The highest BCUT2D eigenvalue weighted by Gasteiger charge is 3.04. The molecule has 2 aromatic rings. The average Bonchev–Trinajstić information content (AvgIpc) is 3.75. The maximum Gasteiger partial charge on any atom is 0.350 e. The fourth-order valence-corrected chi connectivity index (χ4v) is 9.93. The molecule has 4 aliphatic heterocycles. The fourth-order valence-electron chi connectivity index (χ4n) is 9.93. The number of aliphatic hydroxyl groups excluding tert-OH is 1. The Bertz CT molecular complexity index is 1730. The minimum atomic E-state index is -2.37. The van der Waals surface area contributed by atoms with Crippen molar-refractivity contribution in [1.82, 2.24) is 0 Å². The molecule has 0 bridgehead atoms. The lowest BCUT2D eigenvalue weighted by Crippen LogP contribution is -2.67. The highest BCUT2D eigenvalue weighted by Crippen LogP contribution is 2.84. The van der Waals surface area contributed by atoms with Gasteiger partial charge in [0.1, 0.15) is 12.2 Å². The molecule has 2 spiro atoms. The first-order valence-corrected chi connectivity index (χ1v) is 15.3. The Morgan fingerprint density at radius 2 is 1.52 bits per heavy atom. The summed E-state index contributed by atoms with van der Waals surface area (Å²) in [5.41, 5.74) is -8.19. The number of aliphatic hydroxyl groups is 2. The normalized spacial score (nSPS) is 42.9. The van der Waals surface area contributed by atoms with Gasteiger partial charge in [0.15, 0.2) is 17.5 Å². The van der Waals surface area contributed by atoms with Gasteiger partial charge in [-0.2, -0.15) is 0 Å². The van der Waals surface area contributed by atoms with Crippen LogP contribution in [0.2, 0.25) is 0 Å². The van der Waals surface area contributed by atoms with Crippen LogP contribution in [0.5, 0.6) is 0 Å². The molecule has 0 amide bonds. The number of fused-ring (bicyclic) bond motifs is 1. The highest BCUT2D eigenvalue weighted by molar-refractivity contribution is 6.09. The molecule has 0 radical (unpaired) electrons. The molecule has 46 heavy (non-hydrogen) atoms. The second kappa shape index (κ2) is 8.81. The Balaban J connectivity index is 1.23. The molecule has 2 aromatic carbocycles. The summed E-state index contributed by atoms with van der Waals surface area (Å²) in [6.45, 7) is 7.06. The van der Waals surface area contributed by atoms with E-state index in [4.69, 9.17) is 23.7 Å². The van der Waals surface area contributed by atoms with Crippen LogP contribution < -0.4 is 0 Å². The van der Waals surface area contributed by atoms with E-state index >= 15 is 0 Å². The summed E-state index contributed by atoms with van der Waals surface area (Å²) < 4.78 is 29.5. The standard InChI is InChI=1S/C34H32O12/c1-15-25(37)43-23-22(36)32-20-14-19(30(2,3)4)31(32)24(27(39)45-29(31)46-34(32,28(40)42-20)33(15,23)41)44-26(38)18-12-10-17(11-13-18)21(35)16-8-6-5-7-9-16/h5-13,15,19-20,22-24,29,36,41H,14H2,1-4H3/t15-,19+,20-,22+,23+,24+,29+,31-,32-,33-,34-/m1/s1. The zero-order valence-corrected chi connectivity index (χ0v) is 25.4. The smallest absolute Gasteiger partial charge is 0.350 e. The topological polar surface area (TPSA) is 172 Å². The third kappa shape index (κ3) is 2.91. The van der Waals surface area contributed by atoms with Crippen molar-refractivity contribution in [3.8, 4) is 0 Å². The van der Waals surface area contributed by atoms with Crippen molar-refractivity contribution in [2.24, 2.45) is 28.1 Å². The first-order valence-electron chi connectivity index (χ1n) is 15.3. The third-order valence-electron chi connectivity index (χ3n) is 11.6. The number of carbonyl (C=O) groups is 5. The molecule has 12 heteroatoms. The van der Waals surface area contributed by atoms with Crippen molar-refractivity contribution in [3.05, 3.63) is 71.3 Å². The van der Waals surface area contributed by atoms with Crippen molar-refractivity contribution in [2.75, 3.05) is 0 Å². The van der Waals surface area contributed by atoms with Gasteiger partial charge in [-0.05, 0) is 36.8 Å². The molecule has 2 aliphatic carbocycles. The molecule has 6 aliphatic rings. The van der Waals surface area contributed by atoms with Crippen LogP contribution in [-0.2, 0) is 38.1 Å². The SMILES string of the molecule is C[C@@H]1C(=O)O[C@H]2[C@H](O)[C@]34[C@H]5C[C@@H](C(C)(C)C)[C@@]36[C@@H](OC(=O)[C@@H]6OC(=O)c3ccc(C(=O)c6ccccc6)cc3)O[C@@]4(C(=O)O5)[C@@]12O. The Morgan fingerprint density at radius 1 is 0.891 bits per heavy atom. The van der Waals surface area contributed by atoms with E-state index in [0.717, 1.165) is 0 Å². The number of ketones is 1. The van der Waals surface area contributed by atoms with Crippen molar-refractivity contribution in [1.29, 1.82) is 0 Å². The first kappa shape index (κ1) is 29.3. The summed E-state index contributed by atoms with van der Waals surface area (Å²) in [4.78, 5) is 67.1. The van der Waals surface area contributed by atoms with Gasteiger partial charge < -0.3 is 33.9 Å². The molecular weight excluding hydrogens is 600 g/mol. The molecule has 2 saturated carbocycles. The number of benzene rings is 2. The Labute approximate surface area is 262 Å². The fraction of sp³-hybridized carbons (Fsp3) is 0.500. The molecule has 12 nitrogen and oxygen atoms in total. The van der Waals surface area contributed by atoms with Gasteiger partial charge >= 0.3 is 23.9 Å². The number of rotatable bonds is 4. The minimum Gasteiger partial charge on any atom is -0.459 e. The lowest BCUT2D eigenvalue weighted by molar-refractivity contribution is -0.239. The Hall–Kier alpha value is -4.13. The van der Waals surface area contributed by atoms with E-state index in [1.54, 1.807) is 30.3 Å². The average molecular weight is 633 g/mol. The van der Waals surface area contributed by atoms with E-state index < -0.39 is 93.9 Å². The van der Waals surface area contributed by atoms with Gasteiger partial charge in [-0.3, -0.25) is 9.59 Å². The van der Waals surface area contributed by atoms with Crippen molar-refractivity contribution < 1.29 is 57.9 Å². The summed E-state index contributed by atoms with van der Waals surface area (Å²) in [5.74, 6) is -5.89. The molecule has 4 saturated heterocycles. The quantitative estimate of drug-likeness (QED) is 0.285. The molecule has 8 rings (SSSR count). The summed E-state index contributed by atoms with van der Waals surface area (Å²) in [5, 5.41) is 24.5. The number of carbonyl (C=O) groups excluding carboxylic acids is 5. The van der Waals surface area contributed by atoms with Gasteiger partial charge in [-0.1, -0.05) is 63.2 Å². The van der Waals surface area contributed by atoms with E-state index in [1.807, 2.05) is 20.8 Å². The van der Waals surface area contributed by atoms with Gasteiger partial charge in [0.2, 0.25) is 18.0 Å². The van der Waals surface area contributed by atoms with Gasteiger partial charge in [0, 0.05) is 11.1 Å². The lowest BCUT2D eigenvalue weighted by Gasteiger charge is -2.48. The van der Waals surface area contributed by atoms with Crippen molar-refractivity contribution >= 4 is 29.7 Å². The zero-order chi connectivity index (χ0) is 32.8. The Kier molecular flexibility index (Phi) is 5.61. The maximum atomic E-state index is 13.9. The van der Waals surface area contributed by atoms with Crippen LogP contribution in [-0.4, -0.2) is 81.8 Å². The first-order chi connectivity index (χ1) is 21.7. The van der Waals surface area contributed by atoms with Gasteiger partial charge in [-0.15, -0.1) is 0 Å². The Morgan fingerprint density at radius 3 is 2.17 bits per heavy atom. The van der Waals surface area contributed by atoms with E-state index in [9.17, 15) is 34.2 Å². The predicted octanol–water partition coefficient (Wildman–Crippen LogP) is 1.73. The molecular formula is C34H32O12. The molecule has 0 unspecified atom stereocenters. The number of ether oxygens (including phenoxy) is 5. The van der Waals surface area contributed by atoms with E-state index in [1.165, 1.54) is 31.2 Å². The van der Waals surface area contributed by atoms with Crippen molar-refractivity contribution in [2.45, 2.75) is 76.0 Å². The predicted molar refractivity (Wildman–Crippen MR) is 152 cm³/mol. The molecule has 4 heterocycles. The third-order valence-corrected chi connectivity index (χ3v) is 11.6. The van der Waals surface area contributed by atoms with Crippen LogP contribution in [0, 0.1) is 28.1 Å². The number of hydrogen-bond donors (Lipinski definition) is 2. The maximum absolute atomic E-state index is 13.9. The van der Waals surface area contributed by atoms with E-state index in [-0.39, 0.29) is 17.8 Å². The molecule has 0 aromatic heterocycles. The lowest BCUT2D eigenvalue weighted by atomic mass is 9.51. The summed E-state index contributed by atoms with van der Waals surface area (Å²) in [7, 11) is 0. The highest BCUT2D eigenvalue weighted by atomic mass is 16.8. The summed E-state index contributed by atoms with van der Waals surface area (Å²) in [6, 6.07) is 14.4. The van der Waals surface area contributed by atoms with Crippen molar-refractivity contribution in [3.63, 3.8) is 0 Å². The van der Waals surface area contributed by atoms with Crippen LogP contribution in [0.4, 0.5) is 0 Å². The number of esters is 4. The van der Waals surface area contributed by atoms with Crippen LogP contribution in [0.25, 0.3) is 0 Å². The molecule has 11 atom stereocenters. The summed E-state index contributed by atoms with van der Waals surface area (Å²) >= 11 is 0. The van der Waals surface area contributed by atoms with Gasteiger partial charge in [-0.25, -0.2) is 14.4 Å². The second-order valence-corrected chi connectivity index (χ2v) is 14.3. The monoisotopic (exact) mass is 632 g/mol. The van der Waals surface area contributed by atoms with Gasteiger partial charge in [0.05, 0.1) is 22.3 Å². The zero-order valence-electron chi connectivity index (χ0n) is 25.4. The second-order valence-electron chi connectivity index (χ2n) is 14.3. The van der Waals surface area contributed by atoms with Gasteiger partial charge in [0.25, 0.3) is 0 Å². The van der Waals surface area contributed by atoms with E-state index in [2.05, 4.69) is 0 Å². The minimum absolute atomic E-state index is 0.0329. The van der Waals surface area contributed by atoms with Crippen LogP contribution in [0.1, 0.15) is 60.4 Å². The number of hydrogen-bond acceptors (Lipinski definition) is 12. The van der Waals surface area contributed by atoms with Crippen LogP contribution in [0.3, 0.4) is 0 Å². The molecule has 6 fully saturated rings. The van der Waals surface area contributed by atoms with E-state index in [0.29, 0.717) is 11.1 Å². The van der Waals surface area contributed by atoms with Crippen LogP contribution >= 0.6 is 0 Å². The molecule has 240 valence electrons.